The summed E-state index contributed by atoms with van der Waals surface area (Å²) in [6, 6.07) is 19.0. The first-order chi connectivity index (χ1) is 13.8. The zero-order chi connectivity index (χ0) is 19.2. The standard InChI is InChI=1S/C24H26N2OS.ClH/c27-18-21(23-19-28-24-11-5-4-10-22(23)24)9-6-12-25-13-15-26(16-14-25)17-20-7-2-1-3-8-20;/h1-5,7-8,10-11,19H,6,9,12-17H2;1H. The maximum absolute atomic E-state index is 11.6. The molecule has 0 radical (unpaired) electrons. The monoisotopic (exact) mass is 426 g/mol. The molecule has 0 saturated carbocycles. The minimum Gasteiger partial charge on any atom is -0.301 e. The summed E-state index contributed by atoms with van der Waals surface area (Å²) < 4.78 is 1.24. The molecule has 0 spiro atoms. The smallest absolute Gasteiger partial charge is 0.128 e. The van der Waals surface area contributed by atoms with Gasteiger partial charge >= 0.3 is 0 Å². The van der Waals surface area contributed by atoms with Crippen molar-refractivity contribution in [1.82, 2.24) is 9.80 Å². The number of allylic oxidation sites excluding steroid dienone is 1. The summed E-state index contributed by atoms with van der Waals surface area (Å²) in [5.41, 5.74) is 3.28. The third-order valence-corrected chi connectivity index (χ3v) is 6.51. The van der Waals surface area contributed by atoms with Crippen LogP contribution in [0.4, 0.5) is 0 Å². The van der Waals surface area contributed by atoms with Gasteiger partial charge in [0.05, 0.1) is 0 Å². The second-order valence-corrected chi connectivity index (χ2v) is 8.34. The first-order valence-corrected chi connectivity index (χ1v) is 10.9. The number of benzene rings is 2. The molecule has 0 bridgehead atoms. The van der Waals surface area contributed by atoms with Gasteiger partial charge in [-0.1, -0.05) is 48.5 Å². The molecule has 0 aliphatic carbocycles. The molecule has 1 aliphatic heterocycles. The average molecular weight is 427 g/mol. The molecule has 3 aromatic rings. The van der Waals surface area contributed by atoms with Crippen molar-refractivity contribution in [1.29, 1.82) is 0 Å². The Morgan fingerprint density at radius 3 is 2.38 bits per heavy atom. The van der Waals surface area contributed by atoms with Gasteiger partial charge in [0.1, 0.15) is 5.94 Å². The van der Waals surface area contributed by atoms with Crippen molar-refractivity contribution < 1.29 is 4.79 Å². The van der Waals surface area contributed by atoms with E-state index < -0.39 is 0 Å². The van der Waals surface area contributed by atoms with Crippen LogP contribution in [0, 0.1) is 0 Å². The van der Waals surface area contributed by atoms with Gasteiger partial charge in [-0.15, -0.1) is 23.7 Å². The van der Waals surface area contributed by atoms with Crippen LogP contribution in [0.1, 0.15) is 24.0 Å². The largest absolute Gasteiger partial charge is 0.301 e. The van der Waals surface area contributed by atoms with E-state index in [4.69, 9.17) is 0 Å². The van der Waals surface area contributed by atoms with Crippen LogP contribution in [0.5, 0.6) is 0 Å². The van der Waals surface area contributed by atoms with Gasteiger partial charge in [-0.2, -0.15) is 0 Å². The Morgan fingerprint density at radius 2 is 1.62 bits per heavy atom. The van der Waals surface area contributed by atoms with E-state index in [1.54, 1.807) is 11.3 Å². The molecule has 1 saturated heterocycles. The van der Waals surface area contributed by atoms with Gasteiger partial charge in [0.15, 0.2) is 0 Å². The molecule has 2 heterocycles. The second-order valence-electron chi connectivity index (χ2n) is 7.43. The van der Waals surface area contributed by atoms with Gasteiger partial charge in [-0.25, -0.2) is 4.79 Å². The first-order valence-electron chi connectivity index (χ1n) is 10.0. The summed E-state index contributed by atoms with van der Waals surface area (Å²) in [7, 11) is 0. The highest BCUT2D eigenvalue weighted by atomic mass is 35.5. The van der Waals surface area contributed by atoms with E-state index in [1.165, 1.54) is 15.6 Å². The Bertz CT molecular complexity index is 957. The third-order valence-electron chi connectivity index (χ3n) is 5.54. The van der Waals surface area contributed by atoms with Crippen LogP contribution in [0.3, 0.4) is 0 Å². The summed E-state index contributed by atoms with van der Waals surface area (Å²) in [6.45, 7) is 6.52. The number of fused-ring (bicyclic) bond motifs is 1. The molecular formula is C24H27ClN2OS. The van der Waals surface area contributed by atoms with E-state index in [9.17, 15) is 4.79 Å². The van der Waals surface area contributed by atoms with Crippen molar-refractivity contribution in [3.8, 4) is 0 Å². The van der Waals surface area contributed by atoms with E-state index in [0.717, 1.165) is 63.2 Å². The average Bonchev–Trinajstić information content (AvgIpc) is 3.17. The first kappa shape index (κ1) is 21.8. The maximum atomic E-state index is 11.6. The number of piperazine rings is 1. The molecule has 5 heteroatoms. The quantitative estimate of drug-likeness (QED) is 0.489. The Hall–Kier alpha value is -1.94. The summed E-state index contributed by atoms with van der Waals surface area (Å²) >= 11 is 1.70. The van der Waals surface area contributed by atoms with Gasteiger partial charge in [0, 0.05) is 59.3 Å². The lowest BCUT2D eigenvalue weighted by Crippen LogP contribution is -2.46. The van der Waals surface area contributed by atoms with Crippen LogP contribution < -0.4 is 0 Å². The normalized spacial score (nSPS) is 15.0. The van der Waals surface area contributed by atoms with E-state index in [0.29, 0.717) is 0 Å². The maximum Gasteiger partial charge on any atom is 0.128 e. The molecule has 3 nitrogen and oxygen atoms in total. The van der Waals surface area contributed by atoms with Gasteiger partial charge in [-0.05, 0) is 31.0 Å². The van der Waals surface area contributed by atoms with Crippen molar-refractivity contribution in [2.24, 2.45) is 0 Å². The lowest BCUT2D eigenvalue weighted by atomic mass is 10.0. The molecule has 0 unspecified atom stereocenters. The summed E-state index contributed by atoms with van der Waals surface area (Å²) in [5.74, 6) is 2.22. The molecule has 0 N–H and O–H groups in total. The Morgan fingerprint density at radius 1 is 0.931 bits per heavy atom. The molecule has 1 fully saturated rings. The third kappa shape index (κ3) is 5.57. The Balaban J connectivity index is 0.00000240. The number of nitrogens with zero attached hydrogens (tertiary/aromatic N) is 2. The molecule has 1 aliphatic rings. The minimum absolute atomic E-state index is 0. The van der Waals surface area contributed by atoms with Gasteiger partial charge in [-0.3, -0.25) is 4.90 Å². The zero-order valence-electron chi connectivity index (χ0n) is 16.5. The van der Waals surface area contributed by atoms with Crippen LogP contribution in [0.25, 0.3) is 15.7 Å². The van der Waals surface area contributed by atoms with Gasteiger partial charge in [0.25, 0.3) is 0 Å². The number of rotatable bonds is 7. The molecule has 29 heavy (non-hydrogen) atoms. The number of hydrogen-bond acceptors (Lipinski definition) is 4. The highest BCUT2D eigenvalue weighted by molar-refractivity contribution is 7.17. The van der Waals surface area contributed by atoms with Gasteiger partial charge in [0.2, 0.25) is 0 Å². The van der Waals surface area contributed by atoms with Crippen molar-refractivity contribution in [2.45, 2.75) is 19.4 Å². The van der Waals surface area contributed by atoms with Crippen molar-refractivity contribution in [3.63, 3.8) is 0 Å². The fourth-order valence-electron chi connectivity index (χ4n) is 3.94. The minimum atomic E-state index is 0. The highest BCUT2D eigenvalue weighted by Gasteiger charge is 2.17. The summed E-state index contributed by atoms with van der Waals surface area (Å²) in [5, 5.41) is 3.29. The molecule has 4 rings (SSSR count). The summed E-state index contributed by atoms with van der Waals surface area (Å²) in [6.07, 6.45) is 1.81. The van der Waals surface area contributed by atoms with E-state index in [-0.39, 0.29) is 12.4 Å². The SMILES string of the molecule is Cl.O=C=C(CCCN1CCN(Cc2ccccc2)CC1)c1csc2ccccc12. The highest BCUT2D eigenvalue weighted by Crippen LogP contribution is 2.31. The molecule has 0 atom stereocenters. The van der Waals surface area contributed by atoms with E-state index in [1.807, 2.05) is 12.1 Å². The van der Waals surface area contributed by atoms with E-state index >= 15 is 0 Å². The molecule has 2 aromatic carbocycles. The molecule has 1 aromatic heterocycles. The molecular weight excluding hydrogens is 400 g/mol. The number of thiophene rings is 1. The number of carbonyl (C=O) groups excluding carboxylic acids is 1. The van der Waals surface area contributed by atoms with Crippen LogP contribution in [0.15, 0.2) is 60.0 Å². The van der Waals surface area contributed by atoms with Crippen molar-refractivity contribution in [2.75, 3.05) is 32.7 Å². The number of hydrogen-bond donors (Lipinski definition) is 0. The molecule has 0 amide bonds. The van der Waals surface area contributed by atoms with Crippen LogP contribution in [-0.2, 0) is 11.3 Å². The van der Waals surface area contributed by atoms with Crippen molar-refractivity contribution in [3.05, 3.63) is 71.1 Å². The Labute approximate surface area is 183 Å². The van der Waals surface area contributed by atoms with Crippen LogP contribution in [0.2, 0.25) is 0 Å². The fraction of sp³-hybridized carbons (Fsp3) is 0.333. The fourth-order valence-corrected chi connectivity index (χ4v) is 4.92. The van der Waals surface area contributed by atoms with Gasteiger partial charge < -0.3 is 4.90 Å². The zero-order valence-corrected chi connectivity index (χ0v) is 18.2. The Kier molecular flexibility index (Phi) is 8.05. The molecule has 152 valence electrons. The number of halogens is 1. The second kappa shape index (κ2) is 10.7. The van der Waals surface area contributed by atoms with Crippen molar-refractivity contribution >= 4 is 45.3 Å². The van der Waals surface area contributed by atoms with Crippen LogP contribution in [-0.4, -0.2) is 48.5 Å². The van der Waals surface area contributed by atoms with E-state index in [2.05, 4.69) is 63.6 Å². The lowest BCUT2D eigenvalue weighted by Gasteiger charge is -2.34. The van der Waals surface area contributed by atoms with Crippen LogP contribution >= 0.6 is 23.7 Å². The predicted molar refractivity (Wildman–Crippen MR) is 126 cm³/mol. The lowest BCUT2D eigenvalue weighted by molar-refractivity contribution is 0.126. The topological polar surface area (TPSA) is 23.6 Å². The predicted octanol–water partition coefficient (Wildman–Crippen LogP) is 5.14. The summed E-state index contributed by atoms with van der Waals surface area (Å²) in [4.78, 5) is 16.6.